The Morgan fingerprint density at radius 1 is 1.11 bits per heavy atom. The zero-order chi connectivity index (χ0) is 24.6. The van der Waals surface area contributed by atoms with Crippen molar-refractivity contribution in [3.8, 4) is 11.5 Å². The summed E-state index contributed by atoms with van der Waals surface area (Å²) in [6.45, 7) is 0.311. The molecular weight excluding hydrogens is 534 g/mol. The monoisotopic (exact) mass is 553 g/mol. The minimum Gasteiger partial charge on any atom is -0.494 e. The maximum absolute atomic E-state index is 12.2. The van der Waals surface area contributed by atoms with Crippen molar-refractivity contribution < 1.29 is 14.3 Å². The number of rotatable bonds is 9. The van der Waals surface area contributed by atoms with E-state index in [4.69, 9.17) is 21.1 Å². The Bertz CT molecular complexity index is 1370. The lowest BCUT2D eigenvalue weighted by molar-refractivity contribution is -0.111. The van der Waals surface area contributed by atoms with Crippen molar-refractivity contribution >= 4 is 61.5 Å². The van der Waals surface area contributed by atoms with E-state index in [1.807, 2.05) is 24.3 Å². The van der Waals surface area contributed by atoms with Gasteiger partial charge in [-0.25, -0.2) is 9.97 Å². The smallest absolute Gasteiger partial charge is 0.248 e. The van der Waals surface area contributed by atoms with Gasteiger partial charge >= 0.3 is 0 Å². The lowest BCUT2D eigenvalue weighted by Gasteiger charge is -2.14. The zero-order valence-corrected chi connectivity index (χ0v) is 21.0. The fourth-order valence-electron chi connectivity index (χ4n) is 3.24. The third kappa shape index (κ3) is 6.26. The van der Waals surface area contributed by atoms with Gasteiger partial charge in [0, 0.05) is 34.7 Å². The van der Waals surface area contributed by atoms with Crippen LogP contribution in [0.1, 0.15) is 5.69 Å². The molecule has 4 rings (SSSR count). The van der Waals surface area contributed by atoms with Crippen LogP contribution >= 0.6 is 27.5 Å². The first-order valence-electron chi connectivity index (χ1n) is 10.5. The number of methoxy groups -OCH3 is 1. The molecule has 35 heavy (non-hydrogen) atoms. The van der Waals surface area contributed by atoms with Gasteiger partial charge < -0.3 is 20.1 Å². The van der Waals surface area contributed by atoms with Crippen molar-refractivity contribution in [3.05, 3.63) is 83.9 Å². The summed E-state index contributed by atoms with van der Waals surface area (Å²) in [5.41, 5.74) is 2.66. The summed E-state index contributed by atoms with van der Waals surface area (Å²) in [5, 5.41) is 7.80. The van der Waals surface area contributed by atoms with E-state index in [1.165, 1.54) is 19.5 Å². The van der Waals surface area contributed by atoms with Crippen LogP contribution in [0.4, 0.5) is 17.2 Å². The number of pyridine rings is 1. The van der Waals surface area contributed by atoms with E-state index < -0.39 is 0 Å². The Morgan fingerprint density at radius 2 is 2.00 bits per heavy atom. The average molecular weight is 555 g/mol. The second-order valence-corrected chi connectivity index (χ2v) is 8.27. The Labute approximate surface area is 215 Å². The van der Waals surface area contributed by atoms with E-state index in [-0.39, 0.29) is 5.91 Å². The minimum atomic E-state index is -0.276. The summed E-state index contributed by atoms with van der Waals surface area (Å²) in [6, 6.07) is 14.5. The number of alkyl halides is 1. The highest BCUT2D eigenvalue weighted by Gasteiger charge is 2.13. The molecular formula is C25H21BrClN5O3. The fourth-order valence-corrected chi connectivity index (χ4v) is 3.67. The molecule has 0 aliphatic carbocycles. The maximum Gasteiger partial charge on any atom is 0.248 e. The van der Waals surface area contributed by atoms with Crippen molar-refractivity contribution in [1.82, 2.24) is 15.0 Å². The molecule has 2 aromatic carbocycles. The van der Waals surface area contributed by atoms with E-state index in [1.54, 1.807) is 36.5 Å². The maximum atomic E-state index is 12.2. The van der Waals surface area contributed by atoms with Gasteiger partial charge in [0.2, 0.25) is 5.91 Å². The number of halogens is 2. The van der Waals surface area contributed by atoms with Gasteiger partial charge in [0.1, 0.15) is 30.3 Å². The predicted molar refractivity (Wildman–Crippen MR) is 141 cm³/mol. The first kappa shape index (κ1) is 24.4. The van der Waals surface area contributed by atoms with Crippen molar-refractivity contribution in [2.24, 2.45) is 0 Å². The van der Waals surface area contributed by atoms with Crippen LogP contribution in [0.2, 0.25) is 5.02 Å². The molecule has 2 N–H and O–H groups in total. The normalized spacial score (nSPS) is 10.9. The molecule has 0 aliphatic rings. The molecule has 2 aromatic heterocycles. The van der Waals surface area contributed by atoms with Gasteiger partial charge in [0.15, 0.2) is 0 Å². The quantitative estimate of drug-likeness (QED) is 0.196. The van der Waals surface area contributed by atoms with Crippen LogP contribution in [0.25, 0.3) is 10.9 Å². The highest BCUT2D eigenvalue weighted by molar-refractivity contribution is 9.09. The van der Waals surface area contributed by atoms with Crippen molar-refractivity contribution in [1.29, 1.82) is 0 Å². The molecule has 0 radical (unpaired) electrons. The zero-order valence-electron chi connectivity index (χ0n) is 18.7. The summed E-state index contributed by atoms with van der Waals surface area (Å²) in [7, 11) is 1.53. The van der Waals surface area contributed by atoms with E-state index in [2.05, 4.69) is 41.5 Å². The number of anilines is 3. The summed E-state index contributed by atoms with van der Waals surface area (Å²) in [5.74, 6) is 1.30. The van der Waals surface area contributed by atoms with E-state index in [0.29, 0.717) is 56.6 Å². The lowest BCUT2D eigenvalue weighted by atomic mass is 10.1. The number of benzene rings is 2. The number of aromatic nitrogens is 3. The highest BCUT2D eigenvalue weighted by atomic mass is 79.9. The Balaban J connectivity index is 1.57. The molecule has 0 saturated heterocycles. The average Bonchev–Trinajstić information content (AvgIpc) is 2.87. The standard InChI is InChI=1S/C25H21BrClN5O3/c1-34-23-13-20-18(12-21(23)32-24(33)6-4-9-26)25(30-15-29-20)31-16-7-8-22(19(27)11-16)35-14-17-5-2-3-10-28-17/h2-8,10-13,15H,9,14H2,1H3,(H,32,33)(H,29,30,31). The number of carbonyl (C=O) groups excluding carboxylic acids is 1. The van der Waals surface area contributed by atoms with Crippen LogP contribution in [-0.2, 0) is 11.4 Å². The first-order valence-corrected chi connectivity index (χ1v) is 12.0. The van der Waals surface area contributed by atoms with Gasteiger partial charge in [0.25, 0.3) is 0 Å². The summed E-state index contributed by atoms with van der Waals surface area (Å²) in [6.07, 6.45) is 6.31. The van der Waals surface area contributed by atoms with Crippen LogP contribution < -0.4 is 20.1 Å². The van der Waals surface area contributed by atoms with Crippen LogP contribution in [-0.4, -0.2) is 33.3 Å². The van der Waals surface area contributed by atoms with Crippen molar-refractivity contribution in [2.75, 3.05) is 23.1 Å². The predicted octanol–water partition coefficient (Wildman–Crippen LogP) is 5.90. The summed E-state index contributed by atoms with van der Waals surface area (Å²) in [4.78, 5) is 25.2. The minimum absolute atomic E-state index is 0.276. The SMILES string of the molecule is COc1cc2ncnc(Nc3ccc(OCc4ccccn4)c(Cl)c3)c2cc1NC(=O)C=CCBr. The topological polar surface area (TPSA) is 98.3 Å². The van der Waals surface area contributed by atoms with E-state index >= 15 is 0 Å². The molecule has 10 heteroatoms. The van der Waals surface area contributed by atoms with Gasteiger partial charge in [-0.1, -0.05) is 39.7 Å². The van der Waals surface area contributed by atoms with Crippen LogP contribution in [0, 0.1) is 0 Å². The number of nitrogens with one attached hydrogen (secondary N) is 2. The Hall–Kier alpha value is -3.69. The molecule has 0 aliphatic heterocycles. The number of hydrogen-bond acceptors (Lipinski definition) is 7. The molecule has 4 aromatic rings. The van der Waals surface area contributed by atoms with Gasteiger partial charge in [-0.2, -0.15) is 0 Å². The Morgan fingerprint density at radius 3 is 2.74 bits per heavy atom. The molecule has 0 atom stereocenters. The largest absolute Gasteiger partial charge is 0.494 e. The number of fused-ring (bicyclic) bond motifs is 1. The van der Waals surface area contributed by atoms with Gasteiger partial charge in [-0.15, -0.1) is 0 Å². The molecule has 0 spiro atoms. The molecule has 0 bridgehead atoms. The van der Waals surface area contributed by atoms with Gasteiger partial charge in [-0.3, -0.25) is 9.78 Å². The van der Waals surface area contributed by atoms with Crippen molar-refractivity contribution in [2.45, 2.75) is 6.61 Å². The van der Waals surface area contributed by atoms with Gasteiger partial charge in [0.05, 0.1) is 29.0 Å². The van der Waals surface area contributed by atoms with E-state index in [0.717, 1.165) is 5.69 Å². The molecule has 0 fully saturated rings. The summed E-state index contributed by atoms with van der Waals surface area (Å²) < 4.78 is 11.2. The molecule has 0 saturated carbocycles. The number of hydrogen-bond donors (Lipinski definition) is 2. The third-order valence-electron chi connectivity index (χ3n) is 4.87. The second-order valence-electron chi connectivity index (χ2n) is 7.22. The summed E-state index contributed by atoms with van der Waals surface area (Å²) >= 11 is 9.71. The van der Waals surface area contributed by atoms with Gasteiger partial charge in [-0.05, 0) is 36.4 Å². The first-order chi connectivity index (χ1) is 17.1. The molecule has 2 heterocycles. The fraction of sp³-hybridized carbons (Fsp3) is 0.120. The lowest BCUT2D eigenvalue weighted by Crippen LogP contribution is -2.09. The number of ether oxygens (including phenoxy) is 2. The molecule has 0 unspecified atom stereocenters. The number of nitrogens with zero attached hydrogens (tertiary/aromatic N) is 3. The second kappa shape index (κ2) is 11.6. The number of carbonyl (C=O) groups is 1. The van der Waals surface area contributed by atoms with Crippen LogP contribution in [0.5, 0.6) is 11.5 Å². The highest BCUT2D eigenvalue weighted by Crippen LogP contribution is 2.34. The number of amides is 1. The van der Waals surface area contributed by atoms with Crippen molar-refractivity contribution in [3.63, 3.8) is 0 Å². The Kier molecular flexibility index (Phi) is 8.12. The molecule has 1 amide bonds. The van der Waals surface area contributed by atoms with E-state index in [9.17, 15) is 4.79 Å². The van der Waals surface area contributed by atoms with Crippen LogP contribution in [0.15, 0.2) is 73.2 Å². The number of allylic oxidation sites excluding steroid dienone is 1. The van der Waals surface area contributed by atoms with Crippen LogP contribution in [0.3, 0.4) is 0 Å². The molecule has 8 nitrogen and oxygen atoms in total. The molecule has 178 valence electrons. The third-order valence-corrected chi connectivity index (χ3v) is 5.54.